The largest absolute Gasteiger partial charge is 0.481 e. The SMILES string of the molecule is CC[C@@]1(C(=O)O)C[C@@H]2CC[C@H]1N2C(=O)c1scc2c1CCCC2. The summed E-state index contributed by atoms with van der Waals surface area (Å²) in [6.07, 6.45) is 7.48. The van der Waals surface area contributed by atoms with Gasteiger partial charge in [0.1, 0.15) is 0 Å². The van der Waals surface area contributed by atoms with Crippen molar-refractivity contribution in [1.82, 2.24) is 4.90 Å². The average Bonchev–Trinajstić information content (AvgIpc) is 3.25. The Morgan fingerprint density at radius 2 is 2.13 bits per heavy atom. The molecule has 23 heavy (non-hydrogen) atoms. The minimum absolute atomic E-state index is 0.0993. The maximum Gasteiger partial charge on any atom is 0.311 e. The van der Waals surface area contributed by atoms with Crippen LogP contribution in [0.15, 0.2) is 5.38 Å². The van der Waals surface area contributed by atoms with E-state index in [4.69, 9.17) is 0 Å². The van der Waals surface area contributed by atoms with E-state index in [1.165, 1.54) is 17.5 Å². The molecule has 2 aliphatic heterocycles. The minimum Gasteiger partial charge on any atom is -0.481 e. The van der Waals surface area contributed by atoms with Gasteiger partial charge in [-0.2, -0.15) is 0 Å². The topological polar surface area (TPSA) is 57.6 Å². The number of rotatable bonds is 3. The number of aryl methyl sites for hydroxylation is 1. The van der Waals surface area contributed by atoms with Gasteiger partial charge in [-0.3, -0.25) is 9.59 Å². The number of carboxylic acids is 1. The molecule has 0 spiro atoms. The second-order valence-electron chi connectivity index (χ2n) is 7.25. The first-order valence-corrected chi connectivity index (χ1v) is 9.61. The van der Waals surface area contributed by atoms with E-state index < -0.39 is 11.4 Å². The van der Waals surface area contributed by atoms with Crippen LogP contribution in [0.4, 0.5) is 0 Å². The number of amides is 1. The Kier molecular flexibility index (Phi) is 3.52. The summed E-state index contributed by atoms with van der Waals surface area (Å²) in [5.41, 5.74) is 1.86. The lowest BCUT2D eigenvalue weighted by molar-refractivity contribution is -0.151. The monoisotopic (exact) mass is 333 g/mol. The minimum atomic E-state index is -0.726. The zero-order valence-electron chi connectivity index (χ0n) is 13.5. The highest BCUT2D eigenvalue weighted by atomic mass is 32.1. The van der Waals surface area contributed by atoms with Crippen LogP contribution in [0.3, 0.4) is 0 Å². The van der Waals surface area contributed by atoms with Gasteiger partial charge in [-0.1, -0.05) is 6.92 Å². The van der Waals surface area contributed by atoms with E-state index in [0.717, 1.165) is 37.0 Å². The Bertz CT molecular complexity index is 667. The first-order valence-electron chi connectivity index (χ1n) is 8.74. The fourth-order valence-corrected chi connectivity index (χ4v) is 6.17. The Morgan fingerprint density at radius 3 is 2.83 bits per heavy atom. The fraction of sp³-hybridized carbons (Fsp3) is 0.667. The lowest BCUT2D eigenvalue weighted by Crippen LogP contribution is -2.44. The van der Waals surface area contributed by atoms with E-state index in [1.807, 2.05) is 11.8 Å². The van der Waals surface area contributed by atoms with Gasteiger partial charge in [0.05, 0.1) is 10.3 Å². The summed E-state index contributed by atoms with van der Waals surface area (Å²) in [6.45, 7) is 1.95. The molecule has 0 unspecified atom stereocenters. The van der Waals surface area contributed by atoms with Crippen LogP contribution in [0.2, 0.25) is 0 Å². The standard InChI is InChI=1S/C18H23NO3S/c1-2-18(17(21)22)9-12-7-8-14(18)19(12)16(20)15-13-6-4-3-5-11(13)10-23-15/h10,12,14H,2-9H2,1H3,(H,21,22)/t12-,14+,18+/m0/s1. The van der Waals surface area contributed by atoms with Crippen LogP contribution in [-0.2, 0) is 17.6 Å². The van der Waals surface area contributed by atoms with Crippen molar-refractivity contribution in [2.45, 2.75) is 70.4 Å². The first kappa shape index (κ1) is 15.2. The lowest BCUT2D eigenvalue weighted by Gasteiger charge is -2.32. The summed E-state index contributed by atoms with van der Waals surface area (Å²) >= 11 is 1.57. The Balaban J connectivity index is 1.68. The van der Waals surface area contributed by atoms with Gasteiger partial charge in [0.15, 0.2) is 0 Å². The van der Waals surface area contributed by atoms with Crippen molar-refractivity contribution in [1.29, 1.82) is 0 Å². The highest BCUT2D eigenvalue weighted by Crippen LogP contribution is 2.52. The van der Waals surface area contributed by atoms with Crippen LogP contribution in [0, 0.1) is 5.41 Å². The zero-order valence-corrected chi connectivity index (χ0v) is 14.3. The molecule has 2 saturated heterocycles. The Labute approximate surface area is 140 Å². The van der Waals surface area contributed by atoms with Crippen molar-refractivity contribution in [2.24, 2.45) is 5.41 Å². The van der Waals surface area contributed by atoms with Crippen LogP contribution in [0.5, 0.6) is 0 Å². The maximum atomic E-state index is 13.2. The predicted octanol–water partition coefficient (Wildman–Crippen LogP) is 3.48. The van der Waals surface area contributed by atoms with Crippen molar-refractivity contribution in [3.63, 3.8) is 0 Å². The third-order valence-electron chi connectivity index (χ3n) is 6.33. The molecule has 2 bridgehead atoms. The highest BCUT2D eigenvalue weighted by Gasteiger charge is 2.60. The van der Waals surface area contributed by atoms with Gasteiger partial charge in [0, 0.05) is 12.1 Å². The summed E-state index contributed by atoms with van der Waals surface area (Å²) in [5, 5.41) is 11.9. The molecule has 0 radical (unpaired) electrons. The predicted molar refractivity (Wildman–Crippen MR) is 88.9 cm³/mol. The number of thiophene rings is 1. The molecular weight excluding hydrogens is 310 g/mol. The Hall–Kier alpha value is -1.36. The summed E-state index contributed by atoms with van der Waals surface area (Å²) in [4.78, 5) is 27.9. The molecule has 2 fully saturated rings. The summed E-state index contributed by atoms with van der Waals surface area (Å²) in [5.74, 6) is -0.625. The molecule has 0 saturated carbocycles. The van der Waals surface area contributed by atoms with Crippen LogP contribution in [0.25, 0.3) is 0 Å². The van der Waals surface area contributed by atoms with E-state index in [9.17, 15) is 14.7 Å². The van der Waals surface area contributed by atoms with Gasteiger partial charge >= 0.3 is 5.97 Å². The number of aliphatic carboxylic acids is 1. The van der Waals surface area contributed by atoms with Crippen molar-refractivity contribution in [3.8, 4) is 0 Å². The molecule has 1 N–H and O–H groups in total. The maximum absolute atomic E-state index is 13.2. The molecule has 1 aromatic rings. The van der Waals surface area contributed by atoms with Gasteiger partial charge in [0.2, 0.25) is 0 Å². The van der Waals surface area contributed by atoms with Crippen molar-refractivity contribution in [3.05, 3.63) is 21.4 Å². The number of hydrogen-bond donors (Lipinski definition) is 1. The average molecular weight is 333 g/mol. The smallest absolute Gasteiger partial charge is 0.311 e. The second-order valence-corrected chi connectivity index (χ2v) is 8.13. The molecule has 1 aromatic heterocycles. The van der Waals surface area contributed by atoms with Crippen molar-refractivity contribution < 1.29 is 14.7 Å². The third-order valence-corrected chi connectivity index (χ3v) is 7.39. The fourth-order valence-electron chi connectivity index (χ4n) is 5.07. The molecule has 0 aromatic carbocycles. The van der Waals surface area contributed by atoms with Crippen molar-refractivity contribution in [2.75, 3.05) is 0 Å². The number of carboxylic acid groups (broad SMARTS) is 1. The molecule has 1 aliphatic carbocycles. The van der Waals surface area contributed by atoms with Gasteiger partial charge in [-0.05, 0) is 67.9 Å². The summed E-state index contributed by atoms with van der Waals surface area (Å²) in [7, 11) is 0. The van der Waals surface area contributed by atoms with E-state index in [1.54, 1.807) is 11.3 Å². The molecule has 4 nitrogen and oxygen atoms in total. The van der Waals surface area contributed by atoms with E-state index in [0.29, 0.717) is 12.8 Å². The van der Waals surface area contributed by atoms with E-state index in [2.05, 4.69) is 5.38 Å². The van der Waals surface area contributed by atoms with Gasteiger partial charge < -0.3 is 10.0 Å². The van der Waals surface area contributed by atoms with Crippen LogP contribution in [0.1, 0.15) is 66.2 Å². The Morgan fingerprint density at radius 1 is 1.35 bits per heavy atom. The van der Waals surface area contributed by atoms with Gasteiger partial charge in [0.25, 0.3) is 5.91 Å². The summed E-state index contributed by atoms with van der Waals surface area (Å²) in [6, 6.07) is -0.00580. The van der Waals surface area contributed by atoms with E-state index >= 15 is 0 Å². The molecule has 1 amide bonds. The van der Waals surface area contributed by atoms with Crippen LogP contribution in [-0.4, -0.2) is 34.0 Å². The normalized spacial score (nSPS) is 32.1. The molecular formula is C18H23NO3S. The zero-order chi connectivity index (χ0) is 16.2. The van der Waals surface area contributed by atoms with Gasteiger partial charge in [-0.15, -0.1) is 11.3 Å². The van der Waals surface area contributed by atoms with Crippen LogP contribution < -0.4 is 0 Å². The number of carbonyl (C=O) groups excluding carboxylic acids is 1. The molecule has 124 valence electrons. The molecule has 5 heteroatoms. The highest BCUT2D eigenvalue weighted by molar-refractivity contribution is 7.12. The lowest BCUT2D eigenvalue weighted by atomic mass is 9.72. The van der Waals surface area contributed by atoms with E-state index in [-0.39, 0.29) is 18.0 Å². The van der Waals surface area contributed by atoms with Crippen LogP contribution >= 0.6 is 11.3 Å². The number of fused-ring (bicyclic) bond motifs is 3. The molecule has 3 heterocycles. The quantitative estimate of drug-likeness (QED) is 0.921. The molecule has 3 aliphatic rings. The molecule has 4 rings (SSSR count). The number of hydrogen-bond acceptors (Lipinski definition) is 3. The molecule has 3 atom stereocenters. The second kappa shape index (κ2) is 5.33. The summed E-state index contributed by atoms with van der Waals surface area (Å²) < 4.78 is 0. The number of carbonyl (C=O) groups is 2. The van der Waals surface area contributed by atoms with Gasteiger partial charge in [-0.25, -0.2) is 0 Å². The number of nitrogens with zero attached hydrogens (tertiary/aromatic N) is 1. The third kappa shape index (κ3) is 2.02. The first-order chi connectivity index (χ1) is 11.1. The van der Waals surface area contributed by atoms with Crippen molar-refractivity contribution >= 4 is 23.2 Å².